The second-order valence-corrected chi connectivity index (χ2v) is 3.03. The topological polar surface area (TPSA) is 52.1 Å². The summed E-state index contributed by atoms with van der Waals surface area (Å²) in [5.74, 6) is 0.334. The molecule has 0 aliphatic carbocycles. The number of hydrogen-bond acceptors (Lipinski definition) is 4. The van der Waals surface area contributed by atoms with Crippen LogP contribution in [0, 0.1) is 0 Å². The zero-order valence-electron chi connectivity index (χ0n) is 5.62. The van der Waals surface area contributed by atoms with E-state index in [1.165, 1.54) is 6.26 Å². The van der Waals surface area contributed by atoms with Crippen molar-refractivity contribution in [3.63, 3.8) is 0 Å². The molecule has 0 radical (unpaired) electrons. The van der Waals surface area contributed by atoms with Gasteiger partial charge in [-0.3, -0.25) is 0 Å². The minimum absolute atomic E-state index is 0.0816. The Kier molecular flexibility index (Phi) is 1.90. The van der Waals surface area contributed by atoms with Crippen molar-refractivity contribution in [2.75, 3.05) is 0 Å². The molecule has 62 valence electrons. The van der Waals surface area contributed by atoms with Crippen LogP contribution in [0.1, 0.15) is 0 Å². The first-order chi connectivity index (χ1) is 5.77. The Morgan fingerprint density at radius 3 is 2.83 bits per heavy atom. The summed E-state index contributed by atoms with van der Waals surface area (Å²) in [5.41, 5.74) is 0.689. The maximum atomic E-state index is 5.47. The van der Waals surface area contributed by atoms with Gasteiger partial charge in [0.25, 0.3) is 11.2 Å². The van der Waals surface area contributed by atoms with Gasteiger partial charge in [0.1, 0.15) is 0 Å². The fourth-order valence-corrected chi connectivity index (χ4v) is 1.28. The molecular formula is C6H2BrClN2O2. The second-order valence-electron chi connectivity index (χ2n) is 1.98. The molecule has 2 rings (SSSR count). The first-order valence-corrected chi connectivity index (χ1v) is 4.17. The summed E-state index contributed by atoms with van der Waals surface area (Å²) in [6.45, 7) is 0. The number of furan rings is 1. The van der Waals surface area contributed by atoms with Gasteiger partial charge >= 0.3 is 0 Å². The molecule has 12 heavy (non-hydrogen) atoms. The van der Waals surface area contributed by atoms with Crippen molar-refractivity contribution in [3.8, 4) is 11.5 Å². The lowest BCUT2D eigenvalue weighted by Gasteiger charge is -1.84. The molecule has 0 atom stereocenters. The summed E-state index contributed by atoms with van der Waals surface area (Å²) in [7, 11) is 0. The van der Waals surface area contributed by atoms with Crippen LogP contribution in [-0.2, 0) is 0 Å². The van der Waals surface area contributed by atoms with Gasteiger partial charge in [0.2, 0.25) is 0 Å². The summed E-state index contributed by atoms with van der Waals surface area (Å²) >= 11 is 8.64. The Labute approximate surface area is 80.6 Å². The van der Waals surface area contributed by atoms with Gasteiger partial charge in [-0.15, -0.1) is 0 Å². The van der Waals surface area contributed by atoms with Crippen LogP contribution < -0.4 is 0 Å². The van der Waals surface area contributed by atoms with Crippen LogP contribution in [0.15, 0.2) is 25.9 Å². The van der Waals surface area contributed by atoms with Gasteiger partial charge in [-0.05, 0) is 38.8 Å². The first-order valence-electron chi connectivity index (χ1n) is 3.00. The van der Waals surface area contributed by atoms with Gasteiger partial charge in [0.15, 0.2) is 4.67 Å². The Hall–Kier alpha value is -0.810. The number of hydrogen-bond donors (Lipinski definition) is 0. The Balaban J connectivity index is 2.50. The first kappa shape index (κ1) is 7.82. The van der Waals surface area contributed by atoms with Crippen LogP contribution in [0.25, 0.3) is 11.5 Å². The van der Waals surface area contributed by atoms with E-state index in [1.54, 1.807) is 6.07 Å². The SMILES string of the molecule is Clc1noc(-c2ccoc2Br)n1. The molecule has 0 aliphatic rings. The van der Waals surface area contributed by atoms with Gasteiger partial charge in [-0.2, -0.15) is 4.98 Å². The van der Waals surface area contributed by atoms with Crippen molar-refractivity contribution in [1.82, 2.24) is 10.1 Å². The fourth-order valence-electron chi connectivity index (χ4n) is 0.761. The average Bonchev–Trinajstić information content (AvgIpc) is 2.58. The standard InChI is InChI=1S/C6H2BrClN2O2/c7-4-3(1-2-11-4)5-9-6(8)10-12-5/h1-2H. The van der Waals surface area contributed by atoms with Crippen molar-refractivity contribution in [2.24, 2.45) is 0 Å². The van der Waals surface area contributed by atoms with Gasteiger partial charge in [0.05, 0.1) is 11.8 Å². The molecule has 2 heterocycles. The number of halogens is 2. The van der Waals surface area contributed by atoms with Crippen molar-refractivity contribution in [3.05, 3.63) is 22.3 Å². The van der Waals surface area contributed by atoms with Crippen molar-refractivity contribution in [1.29, 1.82) is 0 Å². The molecule has 2 aromatic rings. The maximum Gasteiger partial charge on any atom is 0.264 e. The molecule has 0 saturated heterocycles. The van der Waals surface area contributed by atoms with Crippen molar-refractivity contribution in [2.45, 2.75) is 0 Å². The summed E-state index contributed by atoms with van der Waals surface area (Å²) in [5, 5.41) is 3.51. The summed E-state index contributed by atoms with van der Waals surface area (Å²) in [6.07, 6.45) is 1.51. The highest BCUT2D eigenvalue weighted by Crippen LogP contribution is 2.28. The van der Waals surface area contributed by atoms with Gasteiger partial charge in [-0.25, -0.2) is 0 Å². The molecule has 0 saturated carbocycles. The van der Waals surface area contributed by atoms with Crippen LogP contribution in [0.5, 0.6) is 0 Å². The minimum atomic E-state index is 0.0816. The highest BCUT2D eigenvalue weighted by Gasteiger charge is 2.12. The van der Waals surface area contributed by atoms with E-state index in [1.807, 2.05) is 0 Å². The molecule has 0 spiro atoms. The van der Waals surface area contributed by atoms with Crippen LogP contribution in [0.3, 0.4) is 0 Å². The normalized spacial score (nSPS) is 10.5. The molecule has 2 aromatic heterocycles. The molecule has 0 N–H and O–H groups in total. The van der Waals surface area contributed by atoms with E-state index in [2.05, 4.69) is 26.1 Å². The summed E-state index contributed by atoms with van der Waals surface area (Å²) in [6, 6.07) is 1.70. The van der Waals surface area contributed by atoms with E-state index in [0.717, 1.165) is 0 Å². The summed E-state index contributed by atoms with van der Waals surface area (Å²) < 4.78 is 10.3. The van der Waals surface area contributed by atoms with E-state index >= 15 is 0 Å². The van der Waals surface area contributed by atoms with E-state index in [0.29, 0.717) is 16.1 Å². The van der Waals surface area contributed by atoms with Crippen LogP contribution in [0.2, 0.25) is 5.28 Å². The van der Waals surface area contributed by atoms with Crippen molar-refractivity contribution >= 4 is 27.5 Å². The van der Waals surface area contributed by atoms with E-state index in [9.17, 15) is 0 Å². The predicted molar refractivity (Wildman–Crippen MR) is 44.7 cm³/mol. The van der Waals surface area contributed by atoms with Crippen LogP contribution in [-0.4, -0.2) is 10.1 Å². The van der Waals surface area contributed by atoms with Gasteiger partial charge in [0, 0.05) is 0 Å². The average molecular weight is 249 g/mol. The Morgan fingerprint density at radius 2 is 2.33 bits per heavy atom. The van der Waals surface area contributed by atoms with E-state index < -0.39 is 0 Å². The zero-order chi connectivity index (χ0) is 8.55. The quantitative estimate of drug-likeness (QED) is 0.780. The van der Waals surface area contributed by atoms with Gasteiger partial charge in [-0.1, -0.05) is 0 Å². The third kappa shape index (κ3) is 1.25. The maximum absolute atomic E-state index is 5.47. The molecule has 0 aromatic carbocycles. The smallest absolute Gasteiger partial charge is 0.264 e. The molecule has 4 nitrogen and oxygen atoms in total. The largest absolute Gasteiger partial charge is 0.457 e. The Bertz CT molecular complexity index is 398. The Morgan fingerprint density at radius 1 is 1.50 bits per heavy atom. The van der Waals surface area contributed by atoms with Crippen molar-refractivity contribution < 1.29 is 8.94 Å². The highest BCUT2D eigenvalue weighted by atomic mass is 79.9. The lowest BCUT2D eigenvalue weighted by atomic mass is 10.3. The number of aromatic nitrogens is 2. The van der Waals surface area contributed by atoms with Gasteiger partial charge < -0.3 is 8.94 Å². The number of nitrogens with zero attached hydrogens (tertiary/aromatic N) is 2. The second kappa shape index (κ2) is 2.91. The van der Waals surface area contributed by atoms with Crippen LogP contribution in [0.4, 0.5) is 0 Å². The predicted octanol–water partition coefficient (Wildman–Crippen LogP) is 2.75. The summed E-state index contributed by atoms with van der Waals surface area (Å²) in [4.78, 5) is 3.81. The third-order valence-electron chi connectivity index (χ3n) is 1.25. The van der Waals surface area contributed by atoms with E-state index in [-0.39, 0.29) is 5.28 Å². The zero-order valence-corrected chi connectivity index (χ0v) is 7.96. The molecule has 0 aliphatic heterocycles. The minimum Gasteiger partial charge on any atom is -0.457 e. The molecule has 0 bridgehead atoms. The monoisotopic (exact) mass is 248 g/mol. The lowest BCUT2D eigenvalue weighted by molar-refractivity contribution is 0.429. The van der Waals surface area contributed by atoms with E-state index in [4.69, 9.17) is 20.5 Å². The molecule has 0 amide bonds. The molecular weight excluding hydrogens is 247 g/mol. The molecule has 0 unspecified atom stereocenters. The lowest BCUT2D eigenvalue weighted by Crippen LogP contribution is -1.72. The fraction of sp³-hybridized carbons (Fsp3) is 0. The number of rotatable bonds is 1. The highest BCUT2D eigenvalue weighted by molar-refractivity contribution is 9.10. The molecule has 6 heteroatoms. The third-order valence-corrected chi connectivity index (χ3v) is 2.02. The van der Waals surface area contributed by atoms with Crippen LogP contribution >= 0.6 is 27.5 Å². The molecule has 0 fully saturated rings.